The molecule has 4 heteroatoms. The maximum Gasteiger partial charge on any atom is 0.0929 e. The molecule has 2 aliphatic heterocycles. The van der Waals surface area contributed by atoms with Gasteiger partial charge in [0.05, 0.1) is 24.4 Å². The number of hydrogen-bond donors (Lipinski definition) is 1. The Morgan fingerprint density at radius 1 is 1.17 bits per heavy atom. The molecule has 0 aliphatic carbocycles. The number of aryl methyl sites for hydroxylation is 1. The number of benzene rings is 1. The summed E-state index contributed by atoms with van der Waals surface area (Å²) in [5.74, 6) is 0. The molecular formula is C20H31NO3. The lowest BCUT2D eigenvalue weighted by Crippen LogP contribution is -2.55. The van der Waals surface area contributed by atoms with Gasteiger partial charge in [-0.25, -0.2) is 0 Å². The first-order chi connectivity index (χ1) is 11.6. The molecule has 0 saturated carbocycles. The van der Waals surface area contributed by atoms with E-state index in [1.807, 2.05) is 0 Å². The number of rotatable bonds is 6. The number of hydrogen-bond acceptors (Lipinski definition) is 4. The van der Waals surface area contributed by atoms with Crippen molar-refractivity contribution in [3.63, 3.8) is 0 Å². The van der Waals surface area contributed by atoms with Crippen LogP contribution in [0.4, 0.5) is 0 Å². The fraction of sp³-hybridized carbons (Fsp3) is 0.700. The molecule has 24 heavy (non-hydrogen) atoms. The zero-order chi connectivity index (χ0) is 16.9. The Labute approximate surface area is 145 Å². The Morgan fingerprint density at radius 2 is 1.92 bits per heavy atom. The quantitative estimate of drug-likeness (QED) is 0.869. The normalized spacial score (nSPS) is 27.4. The highest BCUT2D eigenvalue weighted by Crippen LogP contribution is 2.39. The van der Waals surface area contributed by atoms with E-state index in [2.05, 4.69) is 35.2 Å². The van der Waals surface area contributed by atoms with Gasteiger partial charge < -0.3 is 19.5 Å². The highest BCUT2D eigenvalue weighted by molar-refractivity contribution is 5.14. The van der Waals surface area contributed by atoms with Gasteiger partial charge in [-0.3, -0.25) is 0 Å². The lowest BCUT2D eigenvalue weighted by Gasteiger charge is -2.49. The zero-order valence-electron chi connectivity index (χ0n) is 14.9. The third-order valence-electron chi connectivity index (χ3n) is 5.59. The van der Waals surface area contributed by atoms with Crippen molar-refractivity contribution in [1.82, 2.24) is 4.90 Å². The van der Waals surface area contributed by atoms with Crippen molar-refractivity contribution in [2.45, 2.75) is 49.7 Å². The van der Waals surface area contributed by atoms with Crippen molar-refractivity contribution < 1.29 is 14.6 Å². The number of ether oxygens (including phenoxy) is 2. The molecule has 1 aromatic carbocycles. The molecule has 134 valence electrons. The van der Waals surface area contributed by atoms with Gasteiger partial charge in [-0.15, -0.1) is 0 Å². The summed E-state index contributed by atoms with van der Waals surface area (Å²) in [6, 6.07) is 10.7. The standard InChI is InChI=1S/C20H31NO3/c1-23-17-19(22)11-15-24-20(16-19)9-13-21(14-10-20)12-5-8-18-6-3-2-4-7-18/h2-4,6-7,22H,5,8-17H2,1H3. The van der Waals surface area contributed by atoms with Gasteiger partial charge in [0.2, 0.25) is 0 Å². The molecule has 1 spiro atoms. The smallest absolute Gasteiger partial charge is 0.0929 e. The third-order valence-corrected chi connectivity index (χ3v) is 5.59. The summed E-state index contributed by atoms with van der Waals surface area (Å²) >= 11 is 0. The molecule has 2 heterocycles. The molecule has 0 aromatic heterocycles. The van der Waals surface area contributed by atoms with Crippen LogP contribution in [-0.2, 0) is 15.9 Å². The predicted octanol–water partition coefficient (Wildman–Crippen LogP) is 2.64. The Morgan fingerprint density at radius 3 is 2.62 bits per heavy atom. The molecule has 2 aliphatic rings. The molecule has 1 N–H and O–H groups in total. The number of aliphatic hydroxyl groups is 1. The predicted molar refractivity (Wildman–Crippen MR) is 95.2 cm³/mol. The summed E-state index contributed by atoms with van der Waals surface area (Å²) in [6.07, 6.45) is 5.78. The molecule has 0 radical (unpaired) electrons. The van der Waals surface area contributed by atoms with E-state index in [1.165, 1.54) is 12.0 Å². The minimum Gasteiger partial charge on any atom is -0.387 e. The van der Waals surface area contributed by atoms with Crippen LogP contribution in [-0.4, -0.2) is 61.2 Å². The first-order valence-corrected chi connectivity index (χ1v) is 9.25. The van der Waals surface area contributed by atoms with Gasteiger partial charge in [0.15, 0.2) is 0 Å². The number of nitrogens with zero attached hydrogens (tertiary/aromatic N) is 1. The second-order valence-electron chi connectivity index (χ2n) is 7.55. The largest absolute Gasteiger partial charge is 0.387 e. The van der Waals surface area contributed by atoms with Gasteiger partial charge in [0, 0.05) is 33.0 Å². The van der Waals surface area contributed by atoms with E-state index in [0.29, 0.717) is 26.1 Å². The van der Waals surface area contributed by atoms with Crippen molar-refractivity contribution in [3.05, 3.63) is 35.9 Å². The van der Waals surface area contributed by atoms with Crippen LogP contribution in [0.3, 0.4) is 0 Å². The average Bonchev–Trinajstić information content (AvgIpc) is 2.58. The fourth-order valence-electron chi connectivity index (χ4n) is 4.25. The number of methoxy groups -OCH3 is 1. The minimum absolute atomic E-state index is 0.137. The second-order valence-corrected chi connectivity index (χ2v) is 7.55. The summed E-state index contributed by atoms with van der Waals surface area (Å²) in [5.41, 5.74) is 0.579. The third kappa shape index (κ3) is 4.57. The van der Waals surface area contributed by atoms with E-state index in [1.54, 1.807) is 7.11 Å². The van der Waals surface area contributed by atoms with Gasteiger partial charge in [-0.2, -0.15) is 0 Å². The van der Waals surface area contributed by atoms with Crippen molar-refractivity contribution in [2.24, 2.45) is 0 Å². The molecule has 1 aromatic rings. The summed E-state index contributed by atoms with van der Waals surface area (Å²) in [4.78, 5) is 2.54. The first kappa shape index (κ1) is 17.9. The van der Waals surface area contributed by atoms with Gasteiger partial charge in [0.1, 0.15) is 0 Å². The maximum atomic E-state index is 10.7. The van der Waals surface area contributed by atoms with Crippen molar-refractivity contribution in [3.8, 4) is 0 Å². The number of piperidine rings is 1. The highest BCUT2D eigenvalue weighted by Gasteiger charge is 2.46. The summed E-state index contributed by atoms with van der Waals surface area (Å²) in [7, 11) is 1.66. The van der Waals surface area contributed by atoms with E-state index >= 15 is 0 Å². The van der Waals surface area contributed by atoms with Crippen molar-refractivity contribution in [2.75, 3.05) is 40.0 Å². The lowest BCUT2D eigenvalue weighted by molar-refractivity contribution is -0.191. The molecule has 2 fully saturated rings. The fourth-order valence-corrected chi connectivity index (χ4v) is 4.25. The van der Waals surface area contributed by atoms with E-state index in [-0.39, 0.29) is 5.60 Å². The molecule has 4 nitrogen and oxygen atoms in total. The summed E-state index contributed by atoms with van der Waals surface area (Å²) in [6.45, 7) is 4.34. The van der Waals surface area contributed by atoms with Crippen LogP contribution in [0, 0.1) is 0 Å². The topological polar surface area (TPSA) is 41.9 Å². The molecule has 1 atom stereocenters. The summed E-state index contributed by atoms with van der Waals surface area (Å²) in [5, 5.41) is 10.7. The number of likely N-dealkylation sites (tertiary alicyclic amines) is 1. The molecular weight excluding hydrogens is 302 g/mol. The van der Waals surface area contributed by atoms with Crippen molar-refractivity contribution in [1.29, 1.82) is 0 Å². The Balaban J connectivity index is 1.43. The molecule has 1 unspecified atom stereocenters. The van der Waals surface area contributed by atoms with E-state index in [9.17, 15) is 5.11 Å². The van der Waals surface area contributed by atoms with Crippen LogP contribution in [0.25, 0.3) is 0 Å². The zero-order valence-corrected chi connectivity index (χ0v) is 14.9. The Bertz CT molecular complexity index is 495. The lowest BCUT2D eigenvalue weighted by atomic mass is 9.77. The second kappa shape index (κ2) is 7.96. The van der Waals surface area contributed by atoms with Gasteiger partial charge in [-0.05, 0) is 37.8 Å². The van der Waals surface area contributed by atoms with E-state index < -0.39 is 5.60 Å². The van der Waals surface area contributed by atoms with Crippen molar-refractivity contribution >= 4 is 0 Å². The van der Waals surface area contributed by atoms with E-state index in [4.69, 9.17) is 9.47 Å². The molecule has 0 amide bonds. The van der Waals surface area contributed by atoms with Crippen LogP contribution in [0.15, 0.2) is 30.3 Å². The molecule has 2 saturated heterocycles. The van der Waals surface area contributed by atoms with Gasteiger partial charge in [0.25, 0.3) is 0 Å². The van der Waals surface area contributed by atoms with Crippen LogP contribution in [0.1, 0.15) is 37.7 Å². The molecule has 3 rings (SSSR count). The Kier molecular flexibility index (Phi) is 5.93. The Hall–Kier alpha value is -0.940. The average molecular weight is 333 g/mol. The van der Waals surface area contributed by atoms with Crippen LogP contribution >= 0.6 is 0 Å². The highest BCUT2D eigenvalue weighted by atomic mass is 16.5. The molecule has 0 bridgehead atoms. The monoisotopic (exact) mass is 333 g/mol. The SMILES string of the molecule is COCC1(O)CCOC2(CCN(CCCc3ccccc3)CC2)C1. The maximum absolute atomic E-state index is 10.7. The van der Waals surface area contributed by atoms with Gasteiger partial charge >= 0.3 is 0 Å². The van der Waals surface area contributed by atoms with Crippen LogP contribution in [0.2, 0.25) is 0 Å². The minimum atomic E-state index is -0.706. The first-order valence-electron chi connectivity index (χ1n) is 9.25. The van der Waals surface area contributed by atoms with Crippen LogP contribution < -0.4 is 0 Å². The van der Waals surface area contributed by atoms with E-state index in [0.717, 1.165) is 38.9 Å². The van der Waals surface area contributed by atoms with Crippen LogP contribution in [0.5, 0.6) is 0 Å². The van der Waals surface area contributed by atoms with Gasteiger partial charge in [-0.1, -0.05) is 30.3 Å². The summed E-state index contributed by atoms with van der Waals surface area (Å²) < 4.78 is 11.3.